The van der Waals surface area contributed by atoms with Crippen molar-refractivity contribution in [1.82, 2.24) is 10.2 Å². The number of carbonyl (C=O) groups is 2. The van der Waals surface area contributed by atoms with Crippen LogP contribution in [-0.2, 0) is 21.8 Å². The van der Waals surface area contributed by atoms with Crippen LogP contribution in [0.4, 0.5) is 9.52 Å². The van der Waals surface area contributed by atoms with Gasteiger partial charge in [0, 0.05) is 17.7 Å². The first kappa shape index (κ1) is 26.0. The molecule has 3 heterocycles. The first-order valence-electron chi connectivity index (χ1n) is 12.4. The summed E-state index contributed by atoms with van der Waals surface area (Å²) in [6.45, 7) is 1.94. The zero-order valence-electron chi connectivity index (χ0n) is 21.1. The van der Waals surface area contributed by atoms with Crippen LogP contribution in [-0.4, -0.2) is 38.2 Å². The second-order valence-corrected chi connectivity index (χ2v) is 11.6. The van der Waals surface area contributed by atoms with Gasteiger partial charge in [-0.2, -0.15) is 0 Å². The molecule has 8 nitrogen and oxygen atoms in total. The van der Waals surface area contributed by atoms with Crippen LogP contribution in [0.2, 0.25) is 0 Å². The lowest BCUT2D eigenvalue weighted by Gasteiger charge is -2.22. The molecule has 2 atom stereocenters. The molecule has 0 aliphatic carbocycles. The van der Waals surface area contributed by atoms with Gasteiger partial charge in [-0.05, 0) is 60.0 Å². The Balaban J connectivity index is 1.39. The van der Waals surface area contributed by atoms with Crippen molar-refractivity contribution in [3.63, 3.8) is 0 Å². The highest BCUT2D eigenvalue weighted by Crippen LogP contribution is 2.45. The fourth-order valence-corrected chi connectivity index (χ4v) is 6.73. The highest BCUT2D eigenvalue weighted by molar-refractivity contribution is 8.00. The van der Waals surface area contributed by atoms with Crippen molar-refractivity contribution in [3.8, 4) is 11.5 Å². The van der Waals surface area contributed by atoms with Gasteiger partial charge >= 0.3 is 5.91 Å². The van der Waals surface area contributed by atoms with Gasteiger partial charge in [0.1, 0.15) is 29.2 Å². The van der Waals surface area contributed by atoms with Crippen LogP contribution in [0.15, 0.2) is 76.6 Å². The Hall–Kier alpha value is -4.22. The topological polar surface area (TPSA) is 113 Å². The fourth-order valence-electron chi connectivity index (χ4n) is 4.88. The van der Waals surface area contributed by atoms with Crippen molar-refractivity contribution < 1.29 is 28.9 Å². The summed E-state index contributed by atoms with van der Waals surface area (Å²) in [7, 11) is 0. The number of hydrogen-bond donors (Lipinski definition) is 2. The standard InChI is InChI=1S/C29H22FN3O5S2/c1-15-11-19-12-17(9-10-22(19)38-15)25(35)23-24(16-6-4-7-20(34)13-16)33(27(37)26(23)36)28-31-32-29(40-28)39-14-18-5-2-3-8-21(18)30/h2-10,12-13,15,24,34-35H,11,14H2,1H3/b25-23+/t15-,24+/m1/s1. The molecule has 3 aromatic carbocycles. The number of rotatable bonds is 6. The zero-order valence-corrected chi connectivity index (χ0v) is 22.7. The highest BCUT2D eigenvalue weighted by Gasteiger charge is 2.48. The summed E-state index contributed by atoms with van der Waals surface area (Å²) >= 11 is 2.33. The Kier molecular flexibility index (Phi) is 6.77. The van der Waals surface area contributed by atoms with Gasteiger partial charge in [0.2, 0.25) is 5.13 Å². The number of hydrogen-bond acceptors (Lipinski definition) is 9. The number of phenolic OH excluding ortho intramolecular Hbond substituents is 1. The van der Waals surface area contributed by atoms with Crippen molar-refractivity contribution in [2.24, 2.45) is 0 Å². The molecule has 0 spiro atoms. The summed E-state index contributed by atoms with van der Waals surface area (Å²) in [6.07, 6.45) is 0.645. The molecule has 1 amide bonds. The van der Waals surface area contributed by atoms with Crippen molar-refractivity contribution in [2.45, 2.75) is 35.6 Å². The van der Waals surface area contributed by atoms with E-state index in [1.54, 1.807) is 48.5 Å². The number of carbonyl (C=O) groups excluding carboxylic acids is 2. The first-order chi connectivity index (χ1) is 19.3. The average molecular weight is 576 g/mol. The number of thioether (sulfide) groups is 1. The van der Waals surface area contributed by atoms with E-state index in [4.69, 9.17) is 4.74 Å². The Labute approximate surface area is 236 Å². The summed E-state index contributed by atoms with van der Waals surface area (Å²) in [5.74, 6) is -1.48. The number of phenols is 1. The number of amides is 1. The van der Waals surface area contributed by atoms with E-state index < -0.39 is 17.7 Å². The maximum atomic E-state index is 14.1. The van der Waals surface area contributed by atoms with Gasteiger partial charge in [-0.3, -0.25) is 14.5 Å². The Bertz CT molecular complexity index is 1690. The SMILES string of the molecule is C[C@@H]1Cc2cc(/C(O)=C3\C(=O)C(=O)N(c4nnc(SCc5ccccc5F)s4)[C@H]3c3cccc(O)c3)ccc2O1. The van der Waals surface area contributed by atoms with Gasteiger partial charge in [-0.15, -0.1) is 10.2 Å². The molecule has 202 valence electrons. The average Bonchev–Trinajstić information content (AvgIpc) is 3.63. The number of benzene rings is 3. The molecule has 0 bridgehead atoms. The first-order valence-corrected chi connectivity index (χ1v) is 14.2. The quantitative estimate of drug-likeness (QED) is 0.100. The van der Waals surface area contributed by atoms with E-state index in [-0.39, 0.29) is 34.1 Å². The third-order valence-corrected chi connectivity index (χ3v) is 8.82. The van der Waals surface area contributed by atoms with E-state index in [9.17, 15) is 24.2 Å². The largest absolute Gasteiger partial charge is 0.508 e. The van der Waals surface area contributed by atoms with Crippen molar-refractivity contribution >= 4 is 45.7 Å². The third-order valence-electron chi connectivity index (χ3n) is 6.71. The van der Waals surface area contributed by atoms with Gasteiger partial charge in [0.05, 0.1) is 11.6 Å². The lowest BCUT2D eigenvalue weighted by Crippen LogP contribution is -2.29. The molecule has 6 rings (SSSR count). The number of Topliss-reactive ketones (excluding diaryl/α,β-unsaturated/α-hetero) is 1. The number of nitrogens with zero attached hydrogens (tertiary/aromatic N) is 3. The summed E-state index contributed by atoms with van der Waals surface area (Å²) < 4.78 is 20.3. The molecule has 0 radical (unpaired) electrons. The minimum absolute atomic E-state index is 0.00637. The molecule has 1 fully saturated rings. The second kappa shape index (κ2) is 10.4. The molecule has 40 heavy (non-hydrogen) atoms. The Morgan fingerprint density at radius 2 is 1.95 bits per heavy atom. The number of aliphatic hydroxyl groups excluding tert-OH is 1. The molecule has 2 N–H and O–H groups in total. The molecule has 1 aromatic heterocycles. The maximum Gasteiger partial charge on any atom is 0.301 e. The Morgan fingerprint density at radius 3 is 2.75 bits per heavy atom. The zero-order chi connectivity index (χ0) is 28.0. The van der Waals surface area contributed by atoms with Crippen molar-refractivity contribution in [2.75, 3.05) is 4.90 Å². The second-order valence-electron chi connectivity index (χ2n) is 9.45. The molecule has 11 heteroatoms. The molecular weight excluding hydrogens is 553 g/mol. The molecule has 0 saturated carbocycles. The maximum absolute atomic E-state index is 14.1. The van der Waals surface area contributed by atoms with Crippen LogP contribution >= 0.6 is 23.1 Å². The van der Waals surface area contributed by atoms with E-state index in [0.717, 1.165) is 16.9 Å². The van der Waals surface area contributed by atoms with E-state index in [2.05, 4.69) is 10.2 Å². The molecular formula is C29H22FN3O5S2. The number of ketones is 1. The minimum atomic E-state index is -1.06. The molecule has 2 aliphatic rings. The van der Waals surface area contributed by atoms with E-state index >= 15 is 0 Å². The van der Waals surface area contributed by atoms with Gasteiger partial charge in [0.15, 0.2) is 4.34 Å². The third kappa shape index (κ3) is 4.71. The van der Waals surface area contributed by atoms with Crippen molar-refractivity contribution in [1.29, 1.82) is 0 Å². The van der Waals surface area contributed by atoms with Crippen LogP contribution in [0, 0.1) is 5.82 Å². The minimum Gasteiger partial charge on any atom is -0.508 e. The van der Waals surface area contributed by atoms with Crippen LogP contribution in [0.1, 0.15) is 35.2 Å². The number of halogens is 1. The number of aromatic hydroxyl groups is 1. The van der Waals surface area contributed by atoms with Crippen LogP contribution in [0.3, 0.4) is 0 Å². The normalized spacial score (nSPS) is 19.6. The van der Waals surface area contributed by atoms with Gasteiger partial charge in [-0.25, -0.2) is 4.39 Å². The predicted octanol–water partition coefficient (Wildman–Crippen LogP) is 5.62. The smallest absolute Gasteiger partial charge is 0.301 e. The van der Waals surface area contributed by atoms with Gasteiger partial charge in [0.25, 0.3) is 5.78 Å². The lowest BCUT2D eigenvalue weighted by molar-refractivity contribution is -0.132. The lowest BCUT2D eigenvalue weighted by atomic mass is 9.94. The van der Waals surface area contributed by atoms with Crippen molar-refractivity contribution in [3.05, 3.63) is 100 Å². The summed E-state index contributed by atoms with van der Waals surface area (Å²) in [6, 6.07) is 16.6. The number of fused-ring (bicyclic) bond motifs is 1. The van der Waals surface area contributed by atoms with Crippen LogP contribution in [0.25, 0.3) is 5.76 Å². The summed E-state index contributed by atoms with van der Waals surface area (Å²) in [5, 5.41) is 30.1. The number of anilines is 1. The Morgan fingerprint density at radius 1 is 1.12 bits per heavy atom. The fraction of sp³-hybridized carbons (Fsp3) is 0.172. The number of aromatic nitrogens is 2. The summed E-state index contributed by atoms with van der Waals surface area (Å²) in [4.78, 5) is 28.0. The van der Waals surface area contributed by atoms with Crippen LogP contribution < -0.4 is 9.64 Å². The van der Waals surface area contributed by atoms with Gasteiger partial charge < -0.3 is 14.9 Å². The summed E-state index contributed by atoms with van der Waals surface area (Å²) in [5.41, 5.74) is 2.05. The molecule has 2 aliphatic heterocycles. The van der Waals surface area contributed by atoms with E-state index in [1.165, 1.54) is 34.9 Å². The van der Waals surface area contributed by atoms with E-state index in [1.807, 2.05) is 6.92 Å². The van der Waals surface area contributed by atoms with E-state index in [0.29, 0.717) is 39.0 Å². The molecule has 0 unspecified atom stereocenters. The van der Waals surface area contributed by atoms with Gasteiger partial charge in [-0.1, -0.05) is 53.4 Å². The number of aliphatic hydroxyl groups is 1. The monoisotopic (exact) mass is 575 g/mol. The number of ether oxygens (including phenoxy) is 1. The molecule has 1 saturated heterocycles. The highest BCUT2D eigenvalue weighted by atomic mass is 32.2. The van der Waals surface area contributed by atoms with Crippen LogP contribution in [0.5, 0.6) is 11.5 Å². The molecule has 4 aromatic rings. The predicted molar refractivity (Wildman–Crippen MR) is 149 cm³/mol.